The van der Waals surface area contributed by atoms with Crippen molar-refractivity contribution in [2.24, 2.45) is 0 Å². The fourth-order valence-electron chi connectivity index (χ4n) is 2.21. The zero-order valence-corrected chi connectivity index (χ0v) is 12.8. The molecular formula is C15H20ClNO4. The maximum absolute atomic E-state index is 11.8. The molecule has 1 atom stereocenters. The molecule has 0 bridgehead atoms. The third-order valence-corrected chi connectivity index (χ3v) is 3.85. The molecule has 1 aromatic carbocycles. The number of halogens is 1. The molecule has 1 amide bonds. The number of nitrogens with one attached hydrogen (secondary N) is 1. The molecule has 1 aromatic rings. The predicted octanol–water partition coefficient (Wildman–Crippen LogP) is 1.55. The van der Waals surface area contributed by atoms with Gasteiger partial charge in [-0.25, -0.2) is 0 Å². The normalized spacial score (nSPS) is 21.3. The molecule has 2 N–H and O–H groups in total. The molecule has 1 aliphatic heterocycles. The summed E-state index contributed by atoms with van der Waals surface area (Å²) in [6, 6.07) is 5.47. The Morgan fingerprint density at radius 2 is 2.38 bits per heavy atom. The molecule has 0 radical (unpaired) electrons. The number of benzene rings is 1. The van der Waals surface area contributed by atoms with E-state index in [1.165, 1.54) is 0 Å². The molecule has 0 spiro atoms. The molecule has 0 aromatic heterocycles. The van der Waals surface area contributed by atoms with Crippen molar-refractivity contribution in [2.45, 2.75) is 24.9 Å². The zero-order valence-electron chi connectivity index (χ0n) is 12.0. The molecule has 5 nitrogen and oxygen atoms in total. The van der Waals surface area contributed by atoms with Crippen LogP contribution >= 0.6 is 11.6 Å². The van der Waals surface area contributed by atoms with Crippen molar-refractivity contribution in [1.29, 1.82) is 0 Å². The average Bonchev–Trinajstić information content (AvgIpc) is 2.90. The number of hydrogen-bond acceptors (Lipinski definition) is 4. The topological polar surface area (TPSA) is 67.8 Å². The van der Waals surface area contributed by atoms with E-state index in [9.17, 15) is 9.90 Å². The van der Waals surface area contributed by atoms with Crippen molar-refractivity contribution in [1.82, 2.24) is 5.32 Å². The quantitative estimate of drug-likeness (QED) is 0.836. The van der Waals surface area contributed by atoms with Gasteiger partial charge in [-0.3, -0.25) is 4.79 Å². The van der Waals surface area contributed by atoms with Crippen LogP contribution in [-0.4, -0.2) is 43.5 Å². The Balaban J connectivity index is 1.77. The Kier molecular flexibility index (Phi) is 5.45. The zero-order chi connectivity index (χ0) is 15.3. The highest BCUT2D eigenvalue weighted by atomic mass is 35.5. The van der Waals surface area contributed by atoms with Gasteiger partial charge in [-0.2, -0.15) is 0 Å². The first-order valence-corrected chi connectivity index (χ1v) is 7.29. The van der Waals surface area contributed by atoms with Crippen LogP contribution in [0.2, 0.25) is 5.02 Å². The van der Waals surface area contributed by atoms with Crippen molar-refractivity contribution in [3.05, 3.63) is 28.8 Å². The minimum Gasteiger partial charge on any atom is -0.495 e. The summed E-state index contributed by atoms with van der Waals surface area (Å²) < 4.78 is 10.2. The number of aliphatic hydroxyl groups is 1. The first-order valence-electron chi connectivity index (χ1n) is 6.92. The summed E-state index contributed by atoms with van der Waals surface area (Å²) in [5.74, 6) is 0.524. The highest BCUT2D eigenvalue weighted by Crippen LogP contribution is 2.25. The van der Waals surface area contributed by atoms with Crippen molar-refractivity contribution in [3.63, 3.8) is 0 Å². The van der Waals surface area contributed by atoms with Crippen LogP contribution in [0.3, 0.4) is 0 Å². The molecular weight excluding hydrogens is 294 g/mol. The third-order valence-electron chi connectivity index (χ3n) is 3.55. The van der Waals surface area contributed by atoms with Crippen LogP contribution in [0.25, 0.3) is 0 Å². The van der Waals surface area contributed by atoms with Crippen LogP contribution in [0.4, 0.5) is 0 Å². The summed E-state index contributed by atoms with van der Waals surface area (Å²) in [4.78, 5) is 11.8. The van der Waals surface area contributed by atoms with Gasteiger partial charge in [-0.1, -0.05) is 17.7 Å². The molecule has 1 aliphatic rings. The van der Waals surface area contributed by atoms with E-state index in [1.54, 1.807) is 19.2 Å². The summed E-state index contributed by atoms with van der Waals surface area (Å²) in [6.07, 6.45) is 1.49. The lowest BCUT2D eigenvalue weighted by atomic mass is 10.0. The number of ether oxygens (including phenoxy) is 2. The molecule has 2 rings (SSSR count). The number of hydrogen-bond donors (Lipinski definition) is 2. The fraction of sp³-hybridized carbons (Fsp3) is 0.533. The van der Waals surface area contributed by atoms with Crippen LogP contribution in [0.1, 0.15) is 18.4 Å². The monoisotopic (exact) mass is 313 g/mol. The Morgan fingerprint density at radius 3 is 3.00 bits per heavy atom. The third kappa shape index (κ3) is 4.59. The van der Waals surface area contributed by atoms with Gasteiger partial charge >= 0.3 is 0 Å². The van der Waals surface area contributed by atoms with Gasteiger partial charge in [0.25, 0.3) is 0 Å². The van der Waals surface area contributed by atoms with Gasteiger partial charge in [0.05, 0.1) is 18.7 Å². The predicted molar refractivity (Wildman–Crippen MR) is 79.7 cm³/mol. The molecule has 1 fully saturated rings. The van der Waals surface area contributed by atoms with Crippen LogP contribution in [0.15, 0.2) is 18.2 Å². The standard InChI is InChI=1S/C15H20ClNO4/c1-20-13-4-2-11(8-12(13)16)3-5-14(18)17-9-15(19)6-7-21-10-15/h2,4,8,19H,3,5-7,9-10H2,1H3,(H,17,18). The van der Waals surface area contributed by atoms with Crippen molar-refractivity contribution in [2.75, 3.05) is 26.9 Å². The number of aryl methyl sites for hydroxylation is 1. The first kappa shape index (κ1) is 16.1. The lowest BCUT2D eigenvalue weighted by molar-refractivity contribution is -0.122. The Bertz CT molecular complexity index is 500. The number of amides is 1. The van der Waals surface area contributed by atoms with Gasteiger partial charge in [-0.15, -0.1) is 0 Å². The molecule has 6 heteroatoms. The van der Waals surface area contributed by atoms with Gasteiger partial charge in [0.15, 0.2) is 0 Å². The smallest absolute Gasteiger partial charge is 0.220 e. The van der Waals surface area contributed by atoms with Crippen molar-refractivity contribution < 1.29 is 19.4 Å². The Labute approximate surface area is 129 Å². The minimum absolute atomic E-state index is 0.0951. The molecule has 0 saturated carbocycles. The summed E-state index contributed by atoms with van der Waals surface area (Å²) in [6.45, 7) is 1.05. The van der Waals surface area contributed by atoms with Gasteiger partial charge < -0.3 is 19.9 Å². The lowest BCUT2D eigenvalue weighted by Crippen LogP contribution is -2.43. The first-order chi connectivity index (χ1) is 10.0. The molecule has 1 saturated heterocycles. The van der Waals surface area contributed by atoms with E-state index < -0.39 is 5.60 Å². The number of rotatable bonds is 6. The summed E-state index contributed by atoms with van der Waals surface area (Å²) in [5, 5.41) is 13.3. The minimum atomic E-state index is -0.918. The molecule has 1 heterocycles. The van der Waals surface area contributed by atoms with Gasteiger partial charge in [0.2, 0.25) is 5.91 Å². The van der Waals surface area contributed by atoms with E-state index >= 15 is 0 Å². The van der Waals surface area contributed by atoms with Gasteiger partial charge in [0, 0.05) is 26.0 Å². The number of carbonyl (C=O) groups excluding carboxylic acids is 1. The highest BCUT2D eigenvalue weighted by Gasteiger charge is 2.32. The second kappa shape index (κ2) is 7.11. The van der Waals surface area contributed by atoms with Gasteiger partial charge in [-0.05, 0) is 24.1 Å². The number of carbonyl (C=O) groups is 1. The van der Waals surface area contributed by atoms with Crippen LogP contribution in [0, 0.1) is 0 Å². The Hall–Kier alpha value is -1.30. The van der Waals surface area contributed by atoms with Gasteiger partial charge in [0.1, 0.15) is 11.4 Å². The lowest BCUT2D eigenvalue weighted by Gasteiger charge is -2.20. The SMILES string of the molecule is COc1ccc(CCC(=O)NCC2(O)CCOC2)cc1Cl. The molecule has 21 heavy (non-hydrogen) atoms. The van der Waals surface area contributed by atoms with E-state index in [1.807, 2.05) is 6.07 Å². The fourth-order valence-corrected chi connectivity index (χ4v) is 2.49. The second-order valence-electron chi connectivity index (χ2n) is 5.27. The Morgan fingerprint density at radius 1 is 1.57 bits per heavy atom. The van der Waals surface area contributed by atoms with E-state index in [0.29, 0.717) is 36.6 Å². The van der Waals surface area contributed by atoms with Crippen molar-refractivity contribution in [3.8, 4) is 5.75 Å². The van der Waals surface area contributed by atoms with E-state index in [2.05, 4.69) is 5.32 Å². The van der Waals surface area contributed by atoms with E-state index in [0.717, 1.165) is 5.56 Å². The highest BCUT2D eigenvalue weighted by molar-refractivity contribution is 6.32. The number of methoxy groups -OCH3 is 1. The van der Waals surface area contributed by atoms with Crippen molar-refractivity contribution >= 4 is 17.5 Å². The molecule has 1 unspecified atom stereocenters. The molecule has 0 aliphatic carbocycles. The summed E-state index contributed by atoms with van der Waals surface area (Å²) in [7, 11) is 1.56. The van der Waals surface area contributed by atoms with E-state index in [-0.39, 0.29) is 19.1 Å². The van der Waals surface area contributed by atoms with Crippen LogP contribution in [-0.2, 0) is 16.0 Å². The maximum atomic E-state index is 11.8. The largest absolute Gasteiger partial charge is 0.495 e. The average molecular weight is 314 g/mol. The summed E-state index contributed by atoms with van der Waals surface area (Å²) >= 11 is 6.04. The maximum Gasteiger partial charge on any atom is 0.220 e. The molecule has 116 valence electrons. The second-order valence-corrected chi connectivity index (χ2v) is 5.68. The van der Waals surface area contributed by atoms with Crippen LogP contribution < -0.4 is 10.1 Å². The van der Waals surface area contributed by atoms with E-state index in [4.69, 9.17) is 21.1 Å². The summed E-state index contributed by atoms with van der Waals surface area (Å²) in [5.41, 5.74) is 0.0536. The van der Waals surface area contributed by atoms with Crippen LogP contribution in [0.5, 0.6) is 5.75 Å².